The Morgan fingerprint density at radius 3 is 2.73 bits per heavy atom. The Labute approximate surface area is 89.0 Å². The molecule has 1 aromatic rings. The van der Waals surface area contributed by atoms with Crippen LogP contribution in [-0.4, -0.2) is 23.8 Å². The molecule has 0 amide bonds. The summed E-state index contributed by atoms with van der Waals surface area (Å²) >= 11 is 0. The molecular weight excluding hydrogens is 192 g/mol. The third-order valence-corrected chi connectivity index (χ3v) is 1.81. The van der Waals surface area contributed by atoms with E-state index in [-0.39, 0.29) is 6.61 Å². The lowest BCUT2D eigenvalue weighted by atomic mass is 10.2. The molecule has 1 aromatic carbocycles. The van der Waals surface area contributed by atoms with E-state index in [1.165, 1.54) is 0 Å². The van der Waals surface area contributed by atoms with Crippen LogP contribution in [0.25, 0.3) is 0 Å². The van der Waals surface area contributed by atoms with E-state index in [0.29, 0.717) is 5.56 Å². The van der Waals surface area contributed by atoms with Crippen molar-refractivity contribution in [1.29, 1.82) is 0 Å². The van der Waals surface area contributed by atoms with Gasteiger partial charge in [-0.1, -0.05) is 30.4 Å². The summed E-state index contributed by atoms with van der Waals surface area (Å²) in [6, 6.07) is 8.69. The fourth-order valence-electron chi connectivity index (χ4n) is 1.10. The highest BCUT2D eigenvalue weighted by atomic mass is 16.5. The van der Waals surface area contributed by atoms with Crippen LogP contribution in [0.1, 0.15) is 17.3 Å². The van der Waals surface area contributed by atoms with Crippen molar-refractivity contribution >= 4 is 5.97 Å². The lowest BCUT2D eigenvalue weighted by molar-refractivity contribution is 0.0344. The van der Waals surface area contributed by atoms with Crippen molar-refractivity contribution in [1.82, 2.24) is 0 Å². The average Bonchev–Trinajstić information content (AvgIpc) is 2.27. The fraction of sp³-hybridized carbons (Fsp3) is 0.250. The molecule has 0 aliphatic rings. The minimum atomic E-state index is -0.734. The summed E-state index contributed by atoms with van der Waals surface area (Å²) < 4.78 is 4.90. The number of benzene rings is 1. The molecular formula is C12H14O3. The third-order valence-electron chi connectivity index (χ3n) is 1.81. The molecule has 0 fully saturated rings. The van der Waals surface area contributed by atoms with Gasteiger partial charge in [0.15, 0.2) is 0 Å². The van der Waals surface area contributed by atoms with Crippen LogP contribution in [-0.2, 0) is 4.74 Å². The van der Waals surface area contributed by atoms with Crippen molar-refractivity contribution in [2.24, 2.45) is 0 Å². The number of esters is 1. The van der Waals surface area contributed by atoms with Gasteiger partial charge in [0.25, 0.3) is 0 Å². The van der Waals surface area contributed by atoms with Crippen molar-refractivity contribution in [3.63, 3.8) is 0 Å². The Kier molecular flexibility index (Phi) is 4.57. The van der Waals surface area contributed by atoms with Gasteiger partial charge in [0, 0.05) is 0 Å². The maximum atomic E-state index is 11.4. The van der Waals surface area contributed by atoms with E-state index in [9.17, 15) is 9.90 Å². The Morgan fingerprint density at radius 1 is 1.47 bits per heavy atom. The summed E-state index contributed by atoms with van der Waals surface area (Å²) in [4.78, 5) is 11.4. The van der Waals surface area contributed by atoms with Gasteiger partial charge in [-0.25, -0.2) is 4.79 Å². The summed E-state index contributed by atoms with van der Waals surface area (Å²) in [7, 11) is 0. The summed E-state index contributed by atoms with van der Waals surface area (Å²) in [5.41, 5.74) is 0.491. The molecule has 80 valence electrons. The van der Waals surface area contributed by atoms with Gasteiger partial charge in [-0.2, -0.15) is 0 Å². The summed E-state index contributed by atoms with van der Waals surface area (Å²) in [6.45, 7) is 1.78. The highest BCUT2D eigenvalue weighted by Gasteiger charge is 2.07. The van der Waals surface area contributed by atoms with Crippen molar-refractivity contribution in [3.05, 3.63) is 48.0 Å². The molecule has 15 heavy (non-hydrogen) atoms. The van der Waals surface area contributed by atoms with Crippen LogP contribution in [0.3, 0.4) is 0 Å². The second-order valence-corrected chi connectivity index (χ2v) is 3.06. The molecule has 1 rings (SSSR count). The number of hydrogen-bond acceptors (Lipinski definition) is 3. The number of allylic oxidation sites excluding steroid dienone is 1. The quantitative estimate of drug-likeness (QED) is 0.603. The van der Waals surface area contributed by atoms with Gasteiger partial charge in [0.2, 0.25) is 0 Å². The number of ether oxygens (including phenoxy) is 1. The molecule has 3 heteroatoms. The first-order valence-electron chi connectivity index (χ1n) is 4.77. The standard InChI is InChI=1S/C12H14O3/c1-2-6-11(13)9-15-12(14)10-7-4-3-5-8-10/h2-8,11,13H,9H2,1H3/b6-2+. The molecule has 0 saturated carbocycles. The van der Waals surface area contributed by atoms with Crippen molar-refractivity contribution < 1.29 is 14.6 Å². The normalized spacial score (nSPS) is 12.7. The molecule has 0 radical (unpaired) electrons. The molecule has 0 aliphatic carbocycles. The monoisotopic (exact) mass is 206 g/mol. The zero-order valence-electron chi connectivity index (χ0n) is 8.59. The van der Waals surface area contributed by atoms with Crippen LogP contribution in [0, 0.1) is 0 Å². The van der Waals surface area contributed by atoms with E-state index in [1.54, 1.807) is 43.3 Å². The second kappa shape index (κ2) is 5.98. The van der Waals surface area contributed by atoms with Crippen molar-refractivity contribution in [2.45, 2.75) is 13.0 Å². The van der Waals surface area contributed by atoms with Gasteiger partial charge in [-0.15, -0.1) is 0 Å². The van der Waals surface area contributed by atoms with E-state index >= 15 is 0 Å². The Balaban J connectivity index is 2.44. The molecule has 0 aliphatic heterocycles. The lowest BCUT2D eigenvalue weighted by Crippen LogP contribution is -2.16. The van der Waals surface area contributed by atoms with Crippen LogP contribution in [0.15, 0.2) is 42.5 Å². The second-order valence-electron chi connectivity index (χ2n) is 3.06. The number of hydrogen-bond donors (Lipinski definition) is 1. The van der Waals surface area contributed by atoms with Gasteiger partial charge in [-0.05, 0) is 19.1 Å². The SMILES string of the molecule is C/C=C/C(O)COC(=O)c1ccccc1. The van der Waals surface area contributed by atoms with Crippen LogP contribution in [0.5, 0.6) is 0 Å². The van der Waals surface area contributed by atoms with Gasteiger partial charge in [0.1, 0.15) is 12.7 Å². The van der Waals surface area contributed by atoms with E-state index in [0.717, 1.165) is 0 Å². The van der Waals surface area contributed by atoms with Crippen LogP contribution < -0.4 is 0 Å². The first-order chi connectivity index (χ1) is 7.24. The zero-order chi connectivity index (χ0) is 11.1. The number of aliphatic hydroxyl groups is 1. The first kappa shape index (κ1) is 11.5. The van der Waals surface area contributed by atoms with Gasteiger partial charge < -0.3 is 9.84 Å². The molecule has 0 spiro atoms. The first-order valence-corrected chi connectivity index (χ1v) is 4.77. The van der Waals surface area contributed by atoms with Crippen molar-refractivity contribution in [3.8, 4) is 0 Å². The highest BCUT2D eigenvalue weighted by Crippen LogP contribution is 2.01. The Morgan fingerprint density at radius 2 is 2.13 bits per heavy atom. The summed E-state index contributed by atoms with van der Waals surface area (Å²) in [6.07, 6.45) is 2.54. The maximum absolute atomic E-state index is 11.4. The van der Waals surface area contributed by atoms with Gasteiger partial charge in [0.05, 0.1) is 5.56 Å². The van der Waals surface area contributed by atoms with E-state index in [1.807, 2.05) is 6.07 Å². The molecule has 1 unspecified atom stereocenters. The smallest absolute Gasteiger partial charge is 0.338 e. The molecule has 1 atom stereocenters. The number of rotatable bonds is 4. The Hall–Kier alpha value is -1.61. The zero-order valence-corrected chi connectivity index (χ0v) is 8.59. The van der Waals surface area contributed by atoms with E-state index in [4.69, 9.17) is 4.74 Å². The number of aliphatic hydroxyl groups excluding tert-OH is 1. The molecule has 1 N–H and O–H groups in total. The largest absolute Gasteiger partial charge is 0.459 e. The number of carbonyl (C=O) groups is 1. The minimum Gasteiger partial charge on any atom is -0.459 e. The van der Waals surface area contributed by atoms with Crippen LogP contribution in [0.4, 0.5) is 0 Å². The maximum Gasteiger partial charge on any atom is 0.338 e. The molecule has 0 bridgehead atoms. The van der Waals surface area contributed by atoms with Gasteiger partial charge in [-0.3, -0.25) is 0 Å². The molecule has 0 aromatic heterocycles. The van der Waals surface area contributed by atoms with Gasteiger partial charge >= 0.3 is 5.97 Å². The Bertz CT molecular complexity index is 330. The average molecular weight is 206 g/mol. The predicted octanol–water partition coefficient (Wildman–Crippen LogP) is 1.78. The fourth-order valence-corrected chi connectivity index (χ4v) is 1.10. The van der Waals surface area contributed by atoms with Crippen molar-refractivity contribution in [2.75, 3.05) is 6.61 Å². The third kappa shape index (κ3) is 3.95. The van der Waals surface area contributed by atoms with Crippen LogP contribution >= 0.6 is 0 Å². The highest BCUT2D eigenvalue weighted by molar-refractivity contribution is 5.89. The molecule has 3 nitrogen and oxygen atoms in total. The lowest BCUT2D eigenvalue weighted by Gasteiger charge is -2.07. The van der Waals surface area contributed by atoms with E-state index in [2.05, 4.69) is 0 Å². The number of carbonyl (C=O) groups excluding carboxylic acids is 1. The summed E-state index contributed by atoms with van der Waals surface area (Å²) in [5, 5.41) is 9.28. The topological polar surface area (TPSA) is 46.5 Å². The predicted molar refractivity (Wildman–Crippen MR) is 57.5 cm³/mol. The van der Waals surface area contributed by atoms with E-state index < -0.39 is 12.1 Å². The van der Waals surface area contributed by atoms with Crippen LogP contribution in [0.2, 0.25) is 0 Å². The summed E-state index contributed by atoms with van der Waals surface area (Å²) in [5.74, 6) is -0.417. The molecule has 0 saturated heterocycles. The minimum absolute atomic E-state index is 0.0158. The molecule has 0 heterocycles.